The third-order valence-corrected chi connectivity index (χ3v) is 3.13. The van der Waals surface area contributed by atoms with Crippen molar-refractivity contribution in [3.05, 3.63) is 33.3 Å². The smallest absolute Gasteiger partial charge is 0.104 e. The molecular formula is C12H15Cl2F. The van der Waals surface area contributed by atoms with E-state index in [9.17, 15) is 4.39 Å². The third-order valence-electron chi connectivity index (χ3n) is 2.41. The summed E-state index contributed by atoms with van der Waals surface area (Å²) in [4.78, 5) is 0. The molecule has 0 saturated carbocycles. The fraction of sp³-hybridized carbons (Fsp3) is 0.500. The largest absolute Gasteiger partial charge is 0.247 e. The molecule has 1 unspecified atom stereocenters. The van der Waals surface area contributed by atoms with Crippen LogP contribution >= 0.6 is 23.2 Å². The highest BCUT2D eigenvalue weighted by molar-refractivity contribution is 6.42. The van der Waals surface area contributed by atoms with Gasteiger partial charge >= 0.3 is 0 Å². The summed E-state index contributed by atoms with van der Waals surface area (Å²) in [6, 6.07) is 3.63. The summed E-state index contributed by atoms with van der Waals surface area (Å²) in [5.74, 6) is 0. The zero-order valence-corrected chi connectivity index (χ0v) is 10.5. The minimum Gasteiger partial charge on any atom is -0.247 e. The second kappa shape index (κ2) is 5.72. The summed E-state index contributed by atoms with van der Waals surface area (Å²) in [5, 5.41) is 1.09. The molecule has 1 aromatic rings. The summed E-state index contributed by atoms with van der Waals surface area (Å²) in [5.41, 5.74) is 2.15. The molecule has 0 fully saturated rings. The van der Waals surface area contributed by atoms with Gasteiger partial charge in [0.2, 0.25) is 0 Å². The molecule has 0 bridgehead atoms. The summed E-state index contributed by atoms with van der Waals surface area (Å²) in [6.45, 7) is 4.00. The molecule has 1 aromatic carbocycles. The van der Waals surface area contributed by atoms with Gasteiger partial charge in [0.25, 0.3) is 0 Å². The van der Waals surface area contributed by atoms with Crippen molar-refractivity contribution in [2.24, 2.45) is 0 Å². The highest BCUT2D eigenvalue weighted by Crippen LogP contribution is 2.31. The van der Waals surface area contributed by atoms with Crippen molar-refractivity contribution in [2.75, 3.05) is 0 Å². The Balaban J connectivity index is 0.000000531. The SMILES string of the molecule is CC.FC1CCc2cc(Cl)c(Cl)cc2C1. The van der Waals surface area contributed by atoms with E-state index in [1.807, 2.05) is 19.9 Å². The van der Waals surface area contributed by atoms with Crippen LogP contribution < -0.4 is 0 Å². The summed E-state index contributed by atoms with van der Waals surface area (Å²) >= 11 is 11.7. The highest BCUT2D eigenvalue weighted by Gasteiger charge is 2.18. The van der Waals surface area contributed by atoms with Gasteiger partial charge in [-0.3, -0.25) is 0 Å². The Kier molecular flexibility index (Phi) is 4.88. The van der Waals surface area contributed by atoms with Crippen molar-refractivity contribution in [1.82, 2.24) is 0 Å². The normalized spacial score (nSPS) is 18.9. The Morgan fingerprint density at radius 3 is 2.27 bits per heavy atom. The number of hydrogen-bond acceptors (Lipinski definition) is 0. The molecule has 84 valence electrons. The first-order valence-corrected chi connectivity index (χ1v) is 6.03. The summed E-state index contributed by atoms with van der Waals surface area (Å²) in [7, 11) is 0. The molecule has 0 aliphatic heterocycles. The minimum atomic E-state index is -0.718. The molecule has 1 aliphatic rings. The third kappa shape index (κ3) is 3.09. The zero-order valence-electron chi connectivity index (χ0n) is 8.99. The topological polar surface area (TPSA) is 0 Å². The average Bonchev–Trinajstić information content (AvgIpc) is 2.23. The van der Waals surface area contributed by atoms with E-state index in [0.717, 1.165) is 17.5 Å². The molecule has 1 aliphatic carbocycles. The molecule has 0 heterocycles. The van der Waals surface area contributed by atoms with Crippen molar-refractivity contribution in [3.63, 3.8) is 0 Å². The molecule has 0 amide bonds. The van der Waals surface area contributed by atoms with Crippen LogP contribution in [0.2, 0.25) is 10.0 Å². The van der Waals surface area contributed by atoms with Gasteiger partial charge in [-0.25, -0.2) is 4.39 Å². The van der Waals surface area contributed by atoms with Gasteiger partial charge in [-0.1, -0.05) is 37.0 Å². The number of aryl methyl sites for hydroxylation is 1. The van der Waals surface area contributed by atoms with Crippen molar-refractivity contribution >= 4 is 23.2 Å². The van der Waals surface area contributed by atoms with Crippen molar-refractivity contribution in [2.45, 2.75) is 39.3 Å². The van der Waals surface area contributed by atoms with E-state index in [2.05, 4.69) is 0 Å². The fourth-order valence-corrected chi connectivity index (χ4v) is 2.08. The van der Waals surface area contributed by atoms with E-state index in [0.29, 0.717) is 22.9 Å². The number of benzene rings is 1. The van der Waals surface area contributed by atoms with Gasteiger partial charge in [0.15, 0.2) is 0 Å². The van der Waals surface area contributed by atoms with E-state index in [-0.39, 0.29) is 0 Å². The molecule has 1 atom stereocenters. The Morgan fingerprint density at radius 1 is 1.13 bits per heavy atom. The van der Waals surface area contributed by atoms with Gasteiger partial charge in [0.05, 0.1) is 10.0 Å². The lowest BCUT2D eigenvalue weighted by atomic mass is 9.91. The van der Waals surface area contributed by atoms with Gasteiger partial charge in [-0.15, -0.1) is 0 Å². The van der Waals surface area contributed by atoms with Gasteiger partial charge in [0, 0.05) is 6.42 Å². The molecular weight excluding hydrogens is 234 g/mol. The monoisotopic (exact) mass is 248 g/mol. The number of alkyl halides is 1. The molecule has 0 radical (unpaired) electrons. The Morgan fingerprint density at radius 2 is 1.67 bits per heavy atom. The first kappa shape index (κ1) is 12.8. The maximum absolute atomic E-state index is 13.0. The molecule has 3 heteroatoms. The van der Waals surface area contributed by atoms with Crippen molar-refractivity contribution in [3.8, 4) is 0 Å². The van der Waals surface area contributed by atoms with Crippen LogP contribution in [-0.2, 0) is 12.8 Å². The molecule has 0 nitrogen and oxygen atoms in total. The number of hydrogen-bond donors (Lipinski definition) is 0. The van der Waals surface area contributed by atoms with E-state index >= 15 is 0 Å². The lowest BCUT2D eigenvalue weighted by Crippen LogP contribution is -2.14. The predicted octanol–water partition coefficient (Wildman–Crippen LogP) is 4.85. The van der Waals surface area contributed by atoms with Crippen LogP contribution in [0.3, 0.4) is 0 Å². The average molecular weight is 249 g/mol. The number of rotatable bonds is 0. The van der Waals surface area contributed by atoms with Crippen LogP contribution in [0.25, 0.3) is 0 Å². The van der Waals surface area contributed by atoms with Crippen LogP contribution in [0.5, 0.6) is 0 Å². The first-order valence-electron chi connectivity index (χ1n) is 5.27. The lowest BCUT2D eigenvalue weighted by Gasteiger charge is -2.19. The van der Waals surface area contributed by atoms with Crippen molar-refractivity contribution < 1.29 is 4.39 Å². The predicted molar refractivity (Wildman–Crippen MR) is 64.7 cm³/mol. The standard InChI is InChI=1S/C10H9Cl2F.C2H6/c11-9-4-6-1-2-8(13)3-7(6)5-10(9)12;1-2/h4-5,8H,1-3H2;1-2H3. The molecule has 0 spiro atoms. The van der Waals surface area contributed by atoms with Gasteiger partial charge in [0.1, 0.15) is 6.17 Å². The van der Waals surface area contributed by atoms with E-state index in [4.69, 9.17) is 23.2 Å². The lowest BCUT2D eigenvalue weighted by molar-refractivity contribution is 0.301. The number of halogens is 3. The van der Waals surface area contributed by atoms with Crippen LogP contribution in [0.4, 0.5) is 4.39 Å². The molecule has 15 heavy (non-hydrogen) atoms. The van der Waals surface area contributed by atoms with E-state index in [1.165, 1.54) is 0 Å². The van der Waals surface area contributed by atoms with Crippen LogP contribution in [0.1, 0.15) is 31.4 Å². The molecule has 0 N–H and O–H groups in total. The number of fused-ring (bicyclic) bond motifs is 1. The maximum Gasteiger partial charge on any atom is 0.104 e. The minimum absolute atomic E-state index is 0.478. The first-order chi connectivity index (χ1) is 7.16. The Bertz CT molecular complexity index is 337. The summed E-state index contributed by atoms with van der Waals surface area (Å²) in [6.07, 6.45) is 1.13. The second-order valence-electron chi connectivity index (χ2n) is 3.38. The van der Waals surface area contributed by atoms with Crippen LogP contribution in [-0.4, -0.2) is 6.17 Å². The summed E-state index contributed by atoms with van der Waals surface area (Å²) < 4.78 is 13.0. The second-order valence-corrected chi connectivity index (χ2v) is 4.19. The highest BCUT2D eigenvalue weighted by atomic mass is 35.5. The van der Waals surface area contributed by atoms with Crippen LogP contribution in [0.15, 0.2) is 12.1 Å². The van der Waals surface area contributed by atoms with Crippen LogP contribution in [0, 0.1) is 0 Å². The fourth-order valence-electron chi connectivity index (χ4n) is 1.70. The van der Waals surface area contributed by atoms with Crippen molar-refractivity contribution in [1.29, 1.82) is 0 Å². The van der Waals surface area contributed by atoms with E-state index < -0.39 is 6.17 Å². The van der Waals surface area contributed by atoms with Gasteiger partial charge in [-0.05, 0) is 36.1 Å². The molecule has 2 rings (SSSR count). The Hall–Kier alpha value is -0.270. The molecule has 0 saturated heterocycles. The van der Waals surface area contributed by atoms with Gasteiger partial charge in [-0.2, -0.15) is 0 Å². The molecule has 0 aromatic heterocycles. The van der Waals surface area contributed by atoms with Gasteiger partial charge < -0.3 is 0 Å². The Labute approximate surface area is 100 Å². The zero-order chi connectivity index (χ0) is 11.4. The quantitative estimate of drug-likeness (QED) is 0.616. The van der Waals surface area contributed by atoms with E-state index in [1.54, 1.807) is 6.07 Å². The maximum atomic E-state index is 13.0.